The van der Waals surface area contributed by atoms with Crippen molar-refractivity contribution in [1.82, 2.24) is 9.99 Å². The van der Waals surface area contributed by atoms with E-state index in [1.165, 1.54) is 5.56 Å². The van der Waals surface area contributed by atoms with Gasteiger partial charge in [0.2, 0.25) is 6.23 Å². The van der Waals surface area contributed by atoms with E-state index >= 15 is 0 Å². The van der Waals surface area contributed by atoms with Gasteiger partial charge in [0.1, 0.15) is 5.75 Å². The molecule has 0 saturated carbocycles. The topological polar surface area (TPSA) is 37.7 Å². The van der Waals surface area contributed by atoms with E-state index in [4.69, 9.17) is 9.84 Å². The predicted octanol–water partition coefficient (Wildman–Crippen LogP) is 5.09. The summed E-state index contributed by atoms with van der Waals surface area (Å²) in [5.41, 5.74) is 4.46. The Kier molecular flexibility index (Phi) is 3.75. The summed E-state index contributed by atoms with van der Waals surface area (Å²) < 4.78 is 7.38. The summed E-state index contributed by atoms with van der Waals surface area (Å²) in [5.74, 6) is 0.932. The summed E-state index contributed by atoms with van der Waals surface area (Å²) >= 11 is 3.56. The molecule has 2 atom stereocenters. The van der Waals surface area contributed by atoms with Crippen molar-refractivity contribution in [3.05, 3.63) is 94.2 Å². The SMILES string of the molecule is Brc1cccc(C2=NN3[C@@H](C2)c2ccccc2O[C@H]3c2ccncc2)c1. The fraction of sp³-hybridized carbons (Fsp3) is 0.143. The summed E-state index contributed by atoms with van der Waals surface area (Å²) in [4.78, 5) is 4.13. The van der Waals surface area contributed by atoms with Gasteiger partial charge in [-0.25, -0.2) is 5.01 Å². The van der Waals surface area contributed by atoms with Crippen LogP contribution < -0.4 is 4.74 Å². The normalized spacial score (nSPS) is 20.8. The third-order valence-electron chi connectivity index (χ3n) is 4.85. The third kappa shape index (κ3) is 2.59. The van der Waals surface area contributed by atoms with Gasteiger partial charge in [0, 0.05) is 34.4 Å². The average molecular weight is 406 g/mol. The van der Waals surface area contributed by atoms with E-state index in [1.807, 2.05) is 36.4 Å². The summed E-state index contributed by atoms with van der Waals surface area (Å²) in [7, 11) is 0. The fourth-order valence-corrected chi connectivity index (χ4v) is 4.02. The van der Waals surface area contributed by atoms with Gasteiger partial charge in [0.15, 0.2) is 0 Å². The maximum atomic E-state index is 6.32. The molecular formula is C21H16BrN3O. The van der Waals surface area contributed by atoms with Crippen molar-refractivity contribution < 1.29 is 4.74 Å². The monoisotopic (exact) mass is 405 g/mol. The Morgan fingerprint density at radius 3 is 2.69 bits per heavy atom. The van der Waals surface area contributed by atoms with E-state index in [0.717, 1.165) is 33.5 Å². The lowest BCUT2D eigenvalue weighted by molar-refractivity contribution is -0.0190. The van der Waals surface area contributed by atoms with Gasteiger partial charge in [-0.2, -0.15) is 5.10 Å². The highest BCUT2D eigenvalue weighted by molar-refractivity contribution is 9.10. The van der Waals surface area contributed by atoms with Crippen LogP contribution in [0.25, 0.3) is 0 Å². The van der Waals surface area contributed by atoms with E-state index in [-0.39, 0.29) is 12.3 Å². The first-order chi connectivity index (χ1) is 12.8. The van der Waals surface area contributed by atoms with Crippen LogP contribution in [0.2, 0.25) is 0 Å². The maximum absolute atomic E-state index is 6.32. The lowest BCUT2D eigenvalue weighted by atomic mass is 9.96. The summed E-state index contributed by atoms with van der Waals surface area (Å²) in [6.07, 6.45) is 4.20. The lowest BCUT2D eigenvalue weighted by Crippen LogP contribution is -2.33. The molecule has 3 heterocycles. The first-order valence-corrected chi connectivity index (χ1v) is 9.36. The molecule has 2 aromatic carbocycles. The van der Waals surface area contributed by atoms with E-state index in [1.54, 1.807) is 12.4 Å². The smallest absolute Gasteiger partial charge is 0.213 e. The largest absolute Gasteiger partial charge is 0.464 e. The quantitative estimate of drug-likeness (QED) is 0.595. The second-order valence-corrected chi connectivity index (χ2v) is 7.36. The van der Waals surface area contributed by atoms with Crippen LogP contribution in [0, 0.1) is 0 Å². The second-order valence-electron chi connectivity index (χ2n) is 6.45. The summed E-state index contributed by atoms with van der Waals surface area (Å²) in [5, 5.41) is 7.05. The zero-order chi connectivity index (χ0) is 17.5. The van der Waals surface area contributed by atoms with Crippen molar-refractivity contribution >= 4 is 21.6 Å². The summed E-state index contributed by atoms with van der Waals surface area (Å²) in [6.45, 7) is 0. The van der Waals surface area contributed by atoms with E-state index in [2.05, 4.69) is 50.2 Å². The zero-order valence-corrected chi connectivity index (χ0v) is 15.5. The van der Waals surface area contributed by atoms with Gasteiger partial charge in [-0.3, -0.25) is 4.98 Å². The number of fused-ring (bicyclic) bond motifs is 3. The number of ether oxygens (including phenoxy) is 1. The summed E-state index contributed by atoms with van der Waals surface area (Å²) in [6, 6.07) is 20.7. The molecule has 0 spiro atoms. The molecule has 1 aromatic heterocycles. The Balaban J connectivity index is 1.60. The number of hydrogen-bond acceptors (Lipinski definition) is 4. The van der Waals surface area contributed by atoms with Crippen LogP contribution in [0.3, 0.4) is 0 Å². The fourth-order valence-electron chi connectivity index (χ4n) is 3.62. The van der Waals surface area contributed by atoms with Gasteiger partial charge in [0.25, 0.3) is 0 Å². The molecule has 0 unspecified atom stereocenters. The maximum Gasteiger partial charge on any atom is 0.213 e. The Morgan fingerprint density at radius 1 is 1.00 bits per heavy atom. The molecule has 5 rings (SSSR count). The molecule has 0 aliphatic carbocycles. The van der Waals surface area contributed by atoms with Crippen molar-refractivity contribution in [2.75, 3.05) is 0 Å². The minimum absolute atomic E-state index is 0.173. The van der Waals surface area contributed by atoms with E-state index in [0.29, 0.717) is 0 Å². The first kappa shape index (κ1) is 15.6. The molecule has 26 heavy (non-hydrogen) atoms. The van der Waals surface area contributed by atoms with Crippen molar-refractivity contribution in [3.63, 3.8) is 0 Å². The molecule has 5 heteroatoms. The molecule has 2 aliphatic rings. The molecule has 0 saturated heterocycles. The predicted molar refractivity (Wildman–Crippen MR) is 104 cm³/mol. The minimum Gasteiger partial charge on any atom is -0.464 e. The van der Waals surface area contributed by atoms with Crippen LogP contribution in [-0.2, 0) is 0 Å². The van der Waals surface area contributed by atoms with Gasteiger partial charge >= 0.3 is 0 Å². The van der Waals surface area contributed by atoms with Crippen molar-refractivity contribution in [1.29, 1.82) is 0 Å². The van der Waals surface area contributed by atoms with E-state index < -0.39 is 0 Å². The van der Waals surface area contributed by atoms with Crippen molar-refractivity contribution in [3.8, 4) is 5.75 Å². The zero-order valence-electron chi connectivity index (χ0n) is 13.9. The Labute approximate surface area is 160 Å². The van der Waals surface area contributed by atoms with Crippen LogP contribution in [0.1, 0.15) is 35.4 Å². The first-order valence-electron chi connectivity index (χ1n) is 8.57. The second kappa shape index (κ2) is 6.25. The molecule has 0 radical (unpaired) electrons. The lowest BCUT2D eigenvalue weighted by Gasteiger charge is -2.38. The highest BCUT2D eigenvalue weighted by Crippen LogP contribution is 2.47. The number of benzene rings is 2. The molecule has 0 amide bonds. The number of nitrogens with zero attached hydrogens (tertiary/aromatic N) is 3. The van der Waals surface area contributed by atoms with Crippen molar-refractivity contribution in [2.45, 2.75) is 18.7 Å². The molecule has 4 nitrogen and oxygen atoms in total. The van der Waals surface area contributed by atoms with E-state index in [9.17, 15) is 0 Å². The number of rotatable bonds is 2. The number of pyridine rings is 1. The number of hydrazone groups is 1. The van der Waals surface area contributed by atoms with Gasteiger partial charge < -0.3 is 4.74 Å². The van der Waals surface area contributed by atoms with Gasteiger partial charge in [0.05, 0.1) is 11.8 Å². The van der Waals surface area contributed by atoms with Gasteiger partial charge in [-0.15, -0.1) is 0 Å². The average Bonchev–Trinajstić information content (AvgIpc) is 3.14. The highest BCUT2D eigenvalue weighted by atomic mass is 79.9. The molecule has 3 aromatic rings. The third-order valence-corrected chi connectivity index (χ3v) is 5.34. The molecule has 2 aliphatic heterocycles. The minimum atomic E-state index is -0.248. The van der Waals surface area contributed by atoms with Crippen LogP contribution in [0.15, 0.2) is 82.6 Å². The van der Waals surface area contributed by atoms with Crippen LogP contribution >= 0.6 is 15.9 Å². The Hall–Kier alpha value is -2.66. The Bertz CT molecular complexity index is 989. The van der Waals surface area contributed by atoms with Gasteiger partial charge in [-0.05, 0) is 35.9 Å². The standard InChI is InChI=1S/C21H16BrN3O/c22-16-5-3-4-15(12-16)18-13-19-17-6-1-2-7-20(17)26-21(25(19)24-18)14-8-10-23-11-9-14/h1-12,19,21H,13H2/t19-,21-/m0/s1. The number of halogens is 1. The van der Waals surface area contributed by atoms with Crippen LogP contribution in [-0.4, -0.2) is 15.7 Å². The number of aromatic nitrogens is 1. The highest BCUT2D eigenvalue weighted by Gasteiger charge is 2.40. The molecule has 128 valence electrons. The van der Waals surface area contributed by atoms with Crippen LogP contribution in [0.4, 0.5) is 0 Å². The number of hydrogen-bond donors (Lipinski definition) is 0. The molecule has 0 bridgehead atoms. The van der Waals surface area contributed by atoms with Crippen molar-refractivity contribution in [2.24, 2.45) is 5.10 Å². The Morgan fingerprint density at radius 2 is 1.85 bits per heavy atom. The molecular weight excluding hydrogens is 390 g/mol. The van der Waals surface area contributed by atoms with Crippen LogP contribution in [0.5, 0.6) is 5.75 Å². The molecule has 0 N–H and O–H groups in total. The molecule has 0 fully saturated rings. The number of para-hydroxylation sites is 1. The van der Waals surface area contributed by atoms with Gasteiger partial charge in [-0.1, -0.05) is 46.3 Å².